The van der Waals surface area contributed by atoms with Crippen molar-refractivity contribution in [1.82, 2.24) is 9.80 Å². The zero-order valence-corrected chi connectivity index (χ0v) is 10.0. The summed E-state index contributed by atoms with van der Waals surface area (Å²) in [6.45, 7) is 10.1. The average molecular weight is 186 g/mol. The molecule has 0 aromatic carbocycles. The number of likely N-dealkylation sites (N-methyl/N-ethyl adjacent to an activating group) is 2. The molecule has 13 heavy (non-hydrogen) atoms. The van der Waals surface area contributed by atoms with Crippen LogP contribution in [0.25, 0.3) is 0 Å². The van der Waals surface area contributed by atoms with Gasteiger partial charge in [0, 0.05) is 12.6 Å². The highest BCUT2D eigenvalue weighted by Gasteiger charge is 2.17. The van der Waals surface area contributed by atoms with Gasteiger partial charge in [0.1, 0.15) is 0 Å². The molecule has 2 nitrogen and oxygen atoms in total. The van der Waals surface area contributed by atoms with E-state index >= 15 is 0 Å². The first-order valence-electron chi connectivity index (χ1n) is 5.62. The quantitative estimate of drug-likeness (QED) is 0.618. The van der Waals surface area contributed by atoms with Crippen LogP contribution in [0.1, 0.15) is 33.6 Å². The summed E-state index contributed by atoms with van der Waals surface area (Å²) in [7, 11) is 4.47. The molecule has 0 bridgehead atoms. The molecule has 1 heterocycles. The monoisotopic (exact) mass is 186 g/mol. The van der Waals surface area contributed by atoms with Gasteiger partial charge >= 0.3 is 0 Å². The second-order valence-corrected chi connectivity index (χ2v) is 3.66. The molecule has 1 fully saturated rings. The molecule has 1 aliphatic rings. The lowest BCUT2D eigenvalue weighted by Gasteiger charge is -2.25. The van der Waals surface area contributed by atoms with E-state index in [1.54, 1.807) is 0 Å². The molecule has 1 unspecified atom stereocenters. The first-order valence-corrected chi connectivity index (χ1v) is 5.62. The third-order valence-corrected chi connectivity index (χ3v) is 2.67. The topological polar surface area (TPSA) is 6.48 Å². The number of nitrogens with zero attached hydrogens (tertiary/aromatic N) is 2. The summed E-state index contributed by atoms with van der Waals surface area (Å²) < 4.78 is 0. The summed E-state index contributed by atoms with van der Waals surface area (Å²) in [4.78, 5) is 4.93. The van der Waals surface area contributed by atoms with Gasteiger partial charge in [0.25, 0.3) is 0 Å². The average Bonchev–Trinajstić information content (AvgIpc) is 2.31. The zero-order chi connectivity index (χ0) is 10.3. The van der Waals surface area contributed by atoms with E-state index in [1.807, 2.05) is 13.8 Å². The Morgan fingerprint density at radius 1 is 1.15 bits per heavy atom. The molecule has 1 saturated heterocycles. The van der Waals surface area contributed by atoms with Crippen molar-refractivity contribution in [2.75, 3.05) is 33.7 Å². The van der Waals surface area contributed by atoms with Gasteiger partial charge in [-0.1, -0.05) is 20.8 Å². The van der Waals surface area contributed by atoms with Crippen molar-refractivity contribution >= 4 is 0 Å². The predicted octanol–water partition coefficient (Wildman–Crippen LogP) is 2.06. The minimum Gasteiger partial charge on any atom is -0.305 e. The van der Waals surface area contributed by atoms with Crippen molar-refractivity contribution in [2.24, 2.45) is 0 Å². The lowest BCUT2D eigenvalue weighted by atomic mass is 10.2. The Labute approximate surface area is 83.9 Å². The SMILES string of the molecule is CC.CCC1CN(C)CCCN1C. The summed E-state index contributed by atoms with van der Waals surface area (Å²) in [5.41, 5.74) is 0. The lowest BCUT2D eigenvalue weighted by molar-refractivity contribution is 0.220. The molecule has 0 radical (unpaired) electrons. The molecule has 1 aliphatic heterocycles. The Bertz CT molecular complexity index is 115. The van der Waals surface area contributed by atoms with Crippen LogP contribution in [0.4, 0.5) is 0 Å². The Morgan fingerprint density at radius 3 is 2.31 bits per heavy atom. The van der Waals surface area contributed by atoms with Crippen LogP contribution in [0.15, 0.2) is 0 Å². The van der Waals surface area contributed by atoms with Gasteiger partial charge in [-0.25, -0.2) is 0 Å². The molecule has 80 valence electrons. The summed E-state index contributed by atoms with van der Waals surface area (Å²) in [6, 6.07) is 0.780. The van der Waals surface area contributed by atoms with Crippen LogP contribution >= 0.6 is 0 Å². The molecule has 0 aromatic rings. The fourth-order valence-corrected chi connectivity index (χ4v) is 1.80. The standard InChI is InChI=1S/C9H20N2.C2H6/c1-4-9-8-10(2)6-5-7-11(9)3;1-2/h9H,4-8H2,1-3H3;1-2H3. The molecule has 0 saturated carbocycles. The molecule has 1 atom stereocenters. The van der Waals surface area contributed by atoms with Gasteiger partial charge in [0.2, 0.25) is 0 Å². The molecule has 0 spiro atoms. The maximum Gasteiger partial charge on any atom is 0.0217 e. The van der Waals surface area contributed by atoms with Gasteiger partial charge in [-0.05, 0) is 40.0 Å². The van der Waals surface area contributed by atoms with Gasteiger partial charge in [0.05, 0.1) is 0 Å². The van der Waals surface area contributed by atoms with Crippen molar-refractivity contribution in [3.8, 4) is 0 Å². The van der Waals surface area contributed by atoms with E-state index in [9.17, 15) is 0 Å². The molecule has 0 aliphatic carbocycles. The Kier molecular flexibility index (Phi) is 7.29. The van der Waals surface area contributed by atoms with Crippen LogP contribution in [0, 0.1) is 0 Å². The zero-order valence-electron chi connectivity index (χ0n) is 10.0. The first-order chi connectivity index (χ1) is 6.24. The highest BCUT2D eigenvalue weighted by atomic mass is 15.2. The van der Waals surface area contributed by atoms with Crippen LogP contribution in [-0.4, -0.2) is 49.6 Å². The molecule has 1 rings (SSSR count). The second kappa shape index (κ2) is 7.34. The minimum absolute atomic E-state index is 0.780. The van der Waals surface area contributed by atoms with Crippen molar-refractivity contribution in [2.45, 2.75) is 39.7 Å². The third kappa shape index (κ3) is 4.63. The molecule has 0 N–H and O–H groups in total. The smallest absolute Gasteiger partial charge is 0.0217 e. The van der Waals surface area contributed by atoms with E-state index in [0.717, 1.165) is 6.04 Å². The van der Waals surface area contributed by atoms with Gasteiger partial charge in [0.15, 0.2) is 0 Å². The summed E-state index contributed by atoms with van der Waals surface area (Å²) in [5.74, 6) is 0. The van der Waals surface area contributed by atoms with E-state index in [2.05, 4.69) is 30.8 Å². The fraction of sp³-hybridized carbons (Fsp3) is 1.00. The number of hydrogen-bond acceptors (Lipinski definition) is 2. The van der Waals surface area contributed by atoms with E-state index < -0.39 is 0 Å². The Morgan fingerprint density at radius 2 is 1.77 bits per heavy atom. The third-order valence-electron chi connectivity index (χ3n) is 2.67. The van der Waals surface area contributed by atoms with E-state index in [1.165, 1.54) is 32.5 Å². The van der Waals surface area contributed by atoms with Gasteiger partial charge in [-0.2, -0.15) is 0 Å². The minimum atomic E-state index is 0.780. The highest BCUT2D eigenvalue weighted by Crippen LogP contribution is 2.08. The van der Waals surface area contributed by atoms with Crippen LogP contribution < -0.4 is 0 Å². The molecule has 0 amide bonds. The van der Waals surface area contributed by atoms with Crippen molar-refractivity contribution in [3.05, 3.63) is 0 Å². The lowest BCUT2D eigenvalue weighted by Crippen LogP contribution is -2.36. The number of rotatable bonds is 1. The normalized spacial score (nSPS) is 26.1. The van der Waals surface area contributed by atoms with Crippen molar-refractivity contribution < 1.29 is 0 Å². The van der Waals surface area contributed by atoms with E-state index in [-0.39, 0.29) is 0 Å². The largest absolute Gasteiger partial charge is 0.305 e. The maximum atomic E-state index is 2.49. The molecular formula is C11H26N2. The van der Waals surface area contributed by atoms with Crippen LogP contribution in [-0.2, 0) is 0 Å². The van der Waals surface area contributed by atoms with Crippen LogP contribution in [0.3, 0.4) is 0 Å². The van der Waals surface area contributed by atoms with E-state index in [0.29, 0.717) is 0 Å². The Balaban J connectivity index is 0.000000671. The van der Waals surface area contributed by atoms with Crippen LogP contribution in [0.2, 0.25) is 0 Å². The van der Waals surface area contributed by atoms with Crippen LogP contribution in [0.5, 0.6) is 0 Å². The van der Waals surface area contributed by atoms with E-state index in [4.69, 9.17) is 0 Å². The summed E-state index contributed by atoms with van der Waals surface area (Å²) in [5, 5.41) is 0. The number of hydrogen-bond donors (Lipinski definition) is 0. The second-order valence-electron chi connectivity index (χ2n) is 3.66. The van der Waals surface area contributed by atoms with Crippen molar-refractivity contribution in [3.63, 3.8) is 0 Å². The van der Waals surface area contributed by atoms with Gasteiger partial charge < -0.3 is 9.80 Å². The van der Waals surface area contributed by atoms with Crippen molar-refractivity contribution in [1.29, 1.82) is 0 Å². The highest BCUT2D eigenvalue weighted by molar-refractivity contribution is 4.74. The molecule has 2 heteroatoms. The molecule has 0 aromatic heterocycles. The summed E-state index contributed by atoms with van der Waals surface area (Å²) >= 11 is 0. The summed E-state index contributed by atoms with van der Waals surface area (Å²) in [6.07, 6.45) is 2.60. The first kappa shape index (κ1) is 12.9. The van der Waals surface area contributed by atoms with Gasteiger partial charge in [-0.3, -0.25) is 0 Å². The fourth-order valence-electron chi connectivity index (χ4n) is 1.80. The predicted molar refractivity (Wildman–Crippen MR) is 60.2 cm³/mol. The molecular weight excluding hydrogens is 160 g/mol. The maximum absolute atomic E-state index is 2.49. The van der Waals surface area contributed by atoms with Gasteiger partial charge in [-0.15, -0.1) is 0 Å². The Hall–Kier alpha value is -0.0800.